The van der Waals surface area contributed by atoms with E-state index in [4.69, 9.17) is 0 Å². The van der Waals surface area contributed by atoms with Gasteiger partial charge in [-0.05, 0) is 42.9 Å². The molecule has 0 nitrogen and oxygen atoms in total. The van der Waals surface area contributed by atoms with E-state index in [9.17, 15) is 0 Å². The average Bonchev–Trinajstić information content (AvgIpc) is 1.91. The van der Waals surface area contributed by atoms with E-state index in [-0.39, 0.29) is 0 Å². The van der Waals surface area contributed by atoms with E-state index in [1.165, 1.54) is 19.3 Å². The lowest BCUT2D eigenvalue weighted by atomic mass is 9.45. The lowest BCUT2D eigenvalue weighted by Gasteiger charge is -2.60. The highest BCUT2D eigenvalue weighted by molar-refractivity contribution is 5.03. The molecule has 2 rings (SSSR count). The minimum atomic E-state index is 0.884. The molecule has 0 heterocycles. The van der Waals surface area contributed by atoms with Crippen LogP contribution in [0.5, 0.6) is 0 Å². The molecule has 2 saturated carbocycles. The lowest BCUT2D eigenvalue weighted by molar-refractivity contribution is -0.102. The van der Waals surface area contributed by atoms with Gasteiger partial charge in [-0.2, -0.15) is 0 Å². The zero-order valence-corrected chi connectivity index (χ0v) is 7.90. The topological polar surface area (TPSA) is 0 Å². The molecule has 0 aliphatic heterocycles. The Kier molecular flexibility index (Phi) is 1.74. The minimum Gasteiger partial charge on any atom is -0.0654 e. The van der Waals surface area contributed by atoms with Crippen molar-refractivity contribution in [2.75, 3.05) is 0 Å². The van der Waals surface area contributed by atoms with E-state index >= 15 is 0 Å². The van der Waals surface area contributed by atoms with Crippen molar-refractivity contribution in [2.45, 2.75) is 52.4 Å². The van der Waals surface area contributed by atoms with Crippen LogP contribution in [0.15, 0.2) is 0 Å². The second-order valence-electron chi connectivity index (χ2n) is 4.79. The van der Waals surface area contributed by atoms with Crippen molar-refractivity contribution in [2.24, 2.45) is 17.3 Å². The molecule has 0 radical (unpaired) electrons. The number of rotatable bonds is 2. The summed E-state index contributed by atoms with van der Waals surface area (Å²) in [5, 5.41) is 0. The van der Waals surface area contributed by atoms with Gasteiger partial charge in [0.1, 0.15) is 0 Å². The fourth-order valence-corrected chi connectivity index (χ4v) is 3.49. The van der Waals surface area contributed by atoms with Gasteiger partial charge in [-0.15, -0.1) is 0 Å². The molecule has 0 aromatic rings. The van der Waals surface area contributed by atoms with Crippen LogP contribution in [0.25, 0.3) is 0 Å². The first-order chi connectivity index (χ1) is 5.28. The molecule has 1 spiro atoms. The number of hydrogen-bond donors (Lipinski definition) is 0. The summed E-state index contributed by atoms with van der Waals surface area (Å²) in [6.45, 7) is 4.78. The van der Waals surface area contributed by atoms with Crippen molar-refractivity contribution < 1.29 is 0 Å². The largest absolute Gasteiger partial charge is 0.0654 e. The van der Waals surface area contributed by atoms with Gasteiger partial charge in [0.05, 0.1) is 0 Å². The summed E-state index contributed by atoms with van der Waals surface area (Å²) in [5.74, 6) is 2.16. The second kappa shape index (κ2) is 2.50. The molecular formula is C11H20. The van der Waals surface area contributed by atoms with Gasteiger partial charge in [-0.1, -0.05) is 26.7 Å². The first-order valence-corrected chi connectivity index (χ1v) is 5.28. The monoisotopic (exact) mass is 152 g/mol. The van der Waals surface area contributed by atoms with Gasteiger partial charge in [0.25, 0.3) is 0 Å². The molecule has 0 aromatic carbocycles. The summed E-state index contributed by atoms with van der Waals surface area (Å²) in [4.78, 5) is 0. The molecule has 0 heteroatoms. The third-order valence-corrected chi connectivity index (χ3v) is 4.15. The summed E-state index contributed by atoms with van der Waals surface area (Å²) in [7, 11) is 0. The van der Waals surface area contributed by atoms with Gasteiger partial charge >= 0.3 is 0 Å². The van der Waals surface area contributed by atoms with Gasteiger partial charge in [-0.3, -0.25) is 0 Å². The van der Waals surface area contributed by atoms with Crippen LogP contribution in [0.2, 0.25) is 0 Å². The standard InChI is InChI=1S/C11H20/c1-3-5-10-9(2)8-11(10)6-4-7-11/h9-10H,3-8H2,1-2H3. The fraction of sp³-hybridized carbons (Fsp3) is 1.00. The Morgan fingerprint density at radius 2 is 2.09 bits per heavy atom. The predicted molar refractivity (Wildman–Crippen MR) is 48.5 cm³/mol. The van der Waals surface area contributed by atoms with Gasteiger partial charge < -0.3 is 0 Å². The van der Waals surface area contributed by atoms with E-state index in [0.717, 1.165) is 17.3 Å². The first-order valence-electron chi connectivity index (χ1n) is 5.28. The SMILES string of the molecule is CCCC1C(C)CC12CCC2. The minimum absolute atomic E-state index is 0.884. The van der Waals surface area contributed by atoms with E-state index in [2.05, 4.69) is 13.8 Å². The van der Waals surface area contributed by atoms with Crippen LogP contribution in [0.1, 0.15) is 52.4 Å². The lowest BCUT2D eigenvalue weighted by Crippen LogP contribution is -2.51. The highest BCUT2D eigenvalue weighted by Gasteiger charge is 2.53. The first kappa shape index (κ1) is 7.64. The molecule has 2 atom stereocenters. The van der Waals surface area contributed by atoms with Crippen LogP contribution in [0, 0.1) is 17.3 Å². The smallest absolute Gasteiger partial charge is 0.0264 e. The zero-order chi connectivity index (χ0) is 7.90. The molecule has 0 aromatic heterocycles. The highest BCUT2D eigenvalue weighted by Crippen LogP contribution is 2.63. The van der Waals surface area contributed by atoms with Crippen LogP contribution >= 0.6 is 0 Å². The Morgan fingerprint density at radius 3 is 2.45 bits per heavy atom. The molecule has 11 heavy (non-hydrogen) atoms. The Labute approximate surface area is 70.4 Å². The third-order valence-electron chi connectivity index (χ3n) is 4.15. The van der Waals surface area contributed by atoms with Gasteiger partial charge in [0.2, 0.25) is 0 Å². The van der Waals surface area contributed by atoms with Crippen LogP contribution in [-0.4, -0.2) is 0 Å². The second-order valence-corrected chi connectivity index (χ2v) is 4.79. The van der Waals surface area contributed by atoms with Gasteiger partial charge in [-0.25, -0.2) is 0 Å². The molecule has 64 valence electrons. The molecule has 2 unspecified atom stereocenters. The predicted octanol–water partition coefficient (Wildman–Crippen LogP) is 3.61. The highest BCUT2D eigenvalue weighted by atomic mass is 14.6. The van der Waals surface area contributed by atoms with Crippen LogP contribution in [-0.2, 0) is 0 Å². The van der Waals surface area contributed by atoms with Gasteiger partial charge in [0, 0.05) is 0 Å². The van der Waals surface area contributed by atoms with Crippen LogP contribution < -0.4 is 0 Å². The van der Waals surface area contributed by atoms with Crippen molar-refractivity contribution >= 4 is 0 Å². The third kappa shape index (κ3) is 0.947. The zero-order valence-electron chi connectivity index (χ0n) is 7.90. The Morgan fingerprint density at radius 1 is 1.36 bits per heavy atom. The summed E-state index contributed by atoms with van der Waals surface area (Å²) in [5.41, 5.74) is 0.884. The number of hydrogen-bond acceptors (Lipinski definition) is 0. The van der Waals surface area contributed by atoms with Gasteiger partial charge in [0.15, 0.2) is 0 Å². The molecule has 2 aliphatic rings. The van der Waals surface area contributed by atoms with Crippen molar-refractivity contribution in [3.63, 3.8) is 0 Å². The maximum Gasteiger partial charge on any atom is -0.0264 e. The molecule has 0 bridgehead atoms. The molecule has 0 N–H and O–H groups in total. The summed E-state index contributed by atoms with van der Waals surface area (Å²) >= 11 is 0. The van der Waals surface area contributed by atoms with Crippen molar-refractivity contribution in [3.8, 4) is 0 Å². The maximum absolute atomic E-state index is 2.45. The summed E-state index contributed by atoms with van der Waals surface area (Å²) in [6.07, 6.45) is 9.09. The van der Waals surface area contributed by atoms with Crippen LogP contribution in [0.4, 0.5) is 0 Å². The summed E-state index contributed by atoms with van der Waals surface area (Å²) < 4.78 is 0. The summed E-state index contributed by atoms with van der Waals surface area (Å²) in [6, 6.07) is 0. The molecule has 2 aliphatic carbocycles. The Hall–Kier alpha value is 0. The van der Waals surface area contributed by atoms with E-state index in [1.807, 2.05) is 0 Å². The molecule has 0 amide bonds. The van der Waals surface area contributed by atoms with Crippen molar-refractivity contribution in [1.82, 2.24) is 0 Å². The normalized spacial score (nSPS) is 39.8. The maximum atomic E-state index is 2.45. The Bertz CT molecular complexity index is 144. The average molecular weight is 152 g/mol. The molecule has 2 fully saturated rings. The molecular weight excluding hydrogens is 132 g/mol. The van der Waals surface area contributed by atoms with Crippen LogP contribution in [0.3, 0.4) is 0 Å². The molecule has 0 saturated heterocycles. The Balaban J connectivity index is 1.93. The van der Waals surface area contributed by atoms with E-state index in [1.54, 1.807) is 19.3 Å². The fourth-order valence-electron chi connectivity index (χ4n) is 3.49. The van der Waals surface area contributed by atoms with E-state index in [0.29, 0.717) is 0 Å². The van der Waals surface area contributed by atoms with Crippen molar-refractivity contribution in [1.29, 1.82) is 0 Å². The quantitative estimate of drug-likeness (QED) is 0.567. The van der Waals surface area contributed by atoms with E-state index < -0.39 is 0 Å². The van der Waals surface area contributed by atoms with Crippen molar-refractivity contribution in [3.05, 3.63) is 0 Å².